The van der Waals surface area contributed by atoms with Crippen molar-refractivity contribution >= 4 is 28.8 Å². The summed E-state index contributed by atoms with van der Waals surface area (Å²) in [5.41, 5.74) is 0.856. The topological polar surface area (TPSA) is 49.4 Å². The van der Waals surface area contributed by atoms with Crippen molar-refractivity contribution in [2.45, 2.75) is 38.8 Å². The molecule has 2 unspecified atom stereocenters. The van der Waals surface area contributed by atoms with Gasteiger partial charge in [-0.25, -0.2) is 0 Å². The second kappa shape index (κ2) is 4.63. The first kappa shape index (κ1) is 12.7. The number of carbonyl (C=O) groups is 2. The molecule has 2 aliphatic rings. The quantitative estimate of drug-likeness (QED) is 0.919. The average Bonchev–Trinajstić information content (AvgIpc) is 3.06. The van der Waals surface area contributed by atoms with Gasteiger partial charge < -0.3 is 5.32 Å². The van der Waals surface area contributed by atoms with Gasteiger partial charge in [-0.05, 0) is 36.1 Å². The van der Waals surface area contributed by atoms with Crippen LogP contribution < -0.4 is 10.2 Å². The maximum absolute atomic E-state index is 12.7. The maximum atomic E-state index is 12.7. The van der Waals surface area contributed by atoms with Gasteiger partial charge in [0.15, 0.2) is 0 Å². The van der Waals surface area contributed by atoms with Crippen molar-refractivity contribution in [1.29, 1.82) is 0 Å². The van der Waals surface area contributed by atoms with E-state index in [1.165, 1.54) is 0 Å². The molecule has 0 aromatic carbocycles. The van der Waals surface area contributed by atoms with Crippen molar-refractivity contribution in [3.05, 3.63) is 16.8 Å². The lowest BCUT2D eigenvalue weighted by atomic mass is 9.95. The highest BCUT2D eigenvalue weighted by Gasteiger charge is 2.48. The van der Waals surface area contributed by atoms with Gasteiger partial charge in [-0.3, -0.25) is 14.5 Å². The zero-order chi connectivity index (χ0) is 13.6. The molecule has 2 atom stereocenters. The van der Waals surface area contributed by atoms with Crippen LogP contribution in [-0.2, 0) is 9.59 Å². The van der Waals surface area contributed by atoms with Gasteiger partial charge in [0.2, 0.25) is 5.91 Å². The fraction of sp³-hybridized carbons (Fsp3) is 0.571. The molecule has 4 nitrogen and oxygen atoms in total. The van der Waals surface area contributed by atoms with Crippen molar-refractivity contribution in [2.75, 3.05) is 4.90 Å². The Balaban J connectivity index is 1.97. The molecule has 5 heteroatoms. The molecule has 3 rings (SSSR count). The van der Waals surface area contributed by atoms with E-state index in [1.54, 1.807) is 16.2 Å². The first-order valence-electron chi connectivity index (χ1n) is 6.75. The number of rotatable bonds is 3. The van der Waals surface area contributed by atoms with Crippen LogP contribution in [0.1, 0.15) is 26.7 Å². The van der Waals surface area contributed by atoms with Crippen molar-refractivity contribution < 1.29 is 9.59 Å². The number of nitrogens with one attached hydrogen (secondary N) is 1. The van der Waals surface area contributed by atoms with Gasteiger partial charge >= 0.3 is 0 Å². The molecule has 1 saturated carbocycles. The number of anilines is 1. The van der Waals surface area contributed by atoms with E-state index >= 15 is 0 Å². The van der Waals surface area contributed by atoms with Gasteiger partial charge in [0.25, 0.3) is 5.91 Å². The summed E-state index contributed by atoms with van der Waals surface area (Å²) >= 11 is 1.55. The van der Waals surface area contributed by atoms with Crippen LogP contribution in [0.5, 0.6) is 0 Å². The molecule has 0 radical (unpaired) electrons. The Bertz CT molecular complexity index is 494. The van der Waals surface area contributed by atoms with E-state index in [4.69, 9.17) is 0 Å². The van der Waals surface area contributed by atoms with Crippen LogP contribution in [0.2, 0.25) is 0 Å². The van der Waals surface area contributed by atoms with Crippen LogP contribution in [0.4, 0.5) is 5.69 Å². The summed E-state index contributed by atoms with van der Waals surface area (Å²) in [7, 11) is 0. The zero-order valence-corrected chi connectivity index (χ0v) is 11.9. The molecule has 1 aromatic rings. The summed E-state index contributed by atoms with van der Waals surface area (Å²) < 4.78 is 0. The standard InChI is InChI=1S/C14H18N2O2S/c1-8(2)12-13(17)15-11(9-3-4-9)14(18)16(12)10-5-6-19-7-10/h5-9,11-12H,3-4H2,1-2H3,(H,15,17). The van der Waals surface area contributed by atoms with E-state index in [9.17, 15) is 9.59 Å². The molecule has 1 saturated heterocycles. The summed E-state index contributed by atoms with van der Waals surface area (Å²) in [6, 6.07) is 1.21. The van der Waals surface area contributed by atoms with E-state index in [0.717, 1.165) is 18.5 Å². The molecule has 2 amide bonds. The molecule has 1 aromatic heterocycles. The first-order chi connectivity index (χ1) is 9.09. The molecule has 0 spiro atoms. The largest absolute Gasteiger partial charge is 0.342 e. The van der Waals surface area contributed by atoms with Crippen LogP contribution in [-0.4, -0.2) is 23.9 Å². The lowest BCUT2D eigenvalue weighted by Crippen LogP contribution is -2.65. The van der Waals surface area contributed by atoms with E-state index in [2.05, 4.69) is 5.32 Å². The summed E-state index contributed by atoms with van der Waals surface area (Å²) in [6.07, 6.45) is 2.08. The van der Waals surface area contributed by atoms with Crippen LogP contribution in [0.15, 0.2) is 16.8 Å². The van der Waals surface area contributed by atoms with Crippen LogP contribution in [0, 0.1) is 11.8 Å². The first-order valence-corrected chi connectivity index (χ1v) is 7.69. The highest BCUT2D eigenvalue weighted by Crippen LogP contribution is 2.37. The molecular formula is C14H18N2O2S. The fourth-order valence-corrected chi connectivity index (χ4v) is 3.36. The Hall–Kier alpha value is -1.36. The van der Waals surface area contributed by atoms with Gasteiger partial charge in [-0.15, -0.1) is 0 Å². The monoisotopic (exact) mass is 278 g/mol. The molecule has 19 heavy (non-hydrogen) atoms. The van der Waals surface area contributed by atoms with Crippen molar-refractivity contribution in [3.8, 4) is 0 Å². The number of thiophene rings is 1. The Morgan fingerprint density at radius 3 is 2.63 bits per heavy atom. The Morgan fingerprint density at radius 1 is 1.37 bits per heavy atom. The third-order valence-corrected chi connectivity index (χ3v) is 4.53. The molecule has 0 bridgehead atoms. The molecule has 102 valence electrons. The third kappa shape index (κ3) is 2.16. The van der Waals surface area contributed by atoms with Crippen LogP contribution in [0.3, 0.4) is 0 Å². The minimum atomic E-state index is -0.392. The van der Waals surface area contributed by atoms with E-state index < -0.39 is 6.04 Å². The molecule has 1 aliphatic carbocycles. The predicted molar refractivity (Wildman–Crippen MR) is 75.1 cm³/mol. The summed E-state index contributed by atoms with van der Waals surface area (Å²) in [5.74, 6) is 0.478. The molecule has 1 aliphatic heterocycles. The van der Waals surface area contributed by atoms with Gasteiger partial charge in [0.1, 0.15) is 12.1 Å². The summed E-state index contributed by atoms with van der Waals surface area (Å²) in [6.45, 7) is 3.96. The predicted octanol–water partition coefficient (Wildman–Crippen LogP) is 2.01. The highest BCUT2D eigenvalue weighted by atomic mass is 32.1. The Kier molecular flexibility index (Phi) is 3.09. The van der Waals surface area contributed by atoms with Crippen molar-refractivity contribution in [1.82, 2.24) is 5.32 Å². The van der Waals surface area contributed by atoms with Gasteiger partial charge in [0, 0.05) is 5.38 Å². The maximum Gasteiger partial charge on any atom is 0.250 e. The average molecular weight is 278 g/mol. The van der Waals surface area contributed by atoms with Crippen molar-refractivity contribution in [2.24, 2.45) is 11.8 Å². The number of carbonyl (C=O) groups excluding carboxylic acids is 2. The van der Waals surface area contributed by atoms with E-state index in [1.807, 2.05) is 30.7 Å². The van der Waals surface area contributed by atoms with Crippen molar-refractivity contribution in [3.63, 3.8) is 0 Å². The lowest BCUT2D eigenvalue weighted by molar-refractivity contribution is -0.135. The van der Waals surface area contributed by atoms with E-state index in [-0.39, 0.29) is 23.8 Å². The number of hydrogen-bond acceptors (Lipinski definition) is 3. The fourth-order valence-electron chi connectivity index (χ4n) is 2.74. The number of hydrogen-bond donors (Lipinski definition) is 1. The highest BCUT2D eigenvalue weighted by molar-refractivity contribution is 7.08. The molecule has 2 fully saturated rings. The zero-order valence-electron chi connectivity index (χ0n) is 11.1. The molecular weight excluding hydrogens is 260 g/mol. The van der Waals surface area contributed by atoms with Gasteiger partial charge in [0.05, 0.1) is 5.69 Å². The Labute approximate surface area is 116 Å². The molecule has 2 heterocycles. The second-order valence-electron chi connectivity index (χ2n) is 5.70. The summed E-state index contributed by atoms with van der Waals surface area (Å²) in [4.78, 5) is 26.7. The van der Waals surface area contributed by atoms with E-state index in [0.29, 0.717) is 5.92 Å². The summed E-state index contributed by atoms with van der Waals surface area (Å²) in [5, 5.41) is 6.81. The second-order valence-corrected chi connectivity index (χ2v) is 6.48. The number of nitrogens with zero attached hydrogens (tertiary/aromatic N) is 1. The van der Waals surface area contributed by atoms with Crippen LogP contribution in [0.25, 0.3) is 0 Å². The minimum Gasteiger partial charge on any atom is -0.342 e. The normalized spacial score (nSPS) is 27.8. The number of amides is 2. The third-order valence-electron chi connectivity index (χ3n) is 3.86. The van der Waals surface area contributed by atoms with Gasteiger partial charge in [-0.2, -0.15) is 11.3 Å². The SMILES string of the molecule is CC(C)C1C(=O)NC(C2CC2)C(=O)N1c1ccsc1. The lowest BCUT2D eigenvalue weighted by Gasteiger charge is -2.40. The van der Waals surface area contributed by atoms with Gasteiger partial charge in [-0.1, -0.05) is 13.8 Å². The van der Waals surface area contributed by atoms with Crippen LogP contribution >= 0.6 is 11.3 Å². The number of piperazine rings is 1. The molecule has 1 N–H and O–H groups in total. The smallest absolute Gasteiger partial charge is 0.250 e. The Morgan fingerprint density at radius 2 is 2.11 bits per heavy atom. The minimum absolute atomic E-state index is 0.0160.